The van der Waals surface area contributed by atoms with E-state index in [9.17, 15) is 13.2 Å². The molecule has 0 saturated carbocycles. The highest BCUT2D eigenvalue weighted by Crippen LogP contribution is 2.11. The molecule has 0 amide bonds. The monoisotopic (exact) mass is 301 g/mol. The SMILES string of the molecule is O=C(O)c1csc(CCNS(=O)(=O)c2cc[nH]c2)n1. The molecular formula is C10H11N3O4S2. The van der Waals surface area contributed by atoms with Crippen LogP contribution in [0.3, 0.4) is 0 Å². The number of hydrogen-bond acceptors (Lipinski definition) is 5. The molecule has 2 rings (SSSR count). The number of carbonyl (C=O) groups is 1. The summed E-state index contributed by atoms with van der Waals surface area (Å²) in [6.07, 6.45) is 3.25. The van der Waals surface area contributed by atoms with Gasteiger partial charge in [-0.3, -0.25) is 0 Å². The Balaban J connectivity index is 1.91. The number of aromatic carboxylic acids is 1. The van der Waals surface area contributed by atoms with Crippen LogP contribution in [0.2, 0.25) is 0 Å². The Labute approximate surface area is 113 Å². The van der Waals surface area contributed by atoms with Gasteiger partial charge in [0.1, 0.15) is 0 Å². The summed E-state index contributed by atoms with van der Waals surface area (Å²) in [7, 11) is -3.52. The third-order valence-corrected chi connectivity index (χ3v) is 4.65. The fourth-order valence-corrected chi connectivity index (χ4v) is 3.16. The number of carboxylic acids is 1. The molecule has 3 N–H and O–H groups in total. The van der Waals surface area contributed by atoms with E-state index in [0.717, 1.165) is 0 Å². The van der Waals surface area contributed by atoms with Gasteiger partial charge in [0, 0.05) is 30.7 Å². The van der Waals surface area contributed by atoms with Crippen molar-refractivity contribution in [3.63, 3.8) is 0 Å². The van der Waals surface area contributed by atoms with Crippen LogP contribution in [0.4, 0.5) is 0 Å². The van der Waals surface area contributed by atoms with Crippen LogP contribution in [-0.4, -0.2) is 36.0 Å². The lowest BCUT2D eigenvalue weighted by atomic mass is 10.4. The van der Waals surface area contributed by atoms with Crippen molar-refractivity contribution in [1.29, 1.82) is 0 Å². The number of rotatable bonds is 6. The van der Waals surface area contributed by atoms with E-state index in [0.29, 0.717) is 11.4 Å². The second-order valence-electron chi connectivity index (χ2n) is 3.63. The van der Waals surface area contributed by atoms with Crippen molar-refractivity contribution in [3.05, 3.63) is 34.5 Å². The molecule has 0 aliphatic rings. The first kappa shape index (κ1) is 13.7. The molecule has 0 spiro atoms. The van der Waals surface area contributed by atoms with Gasteiger partial charge in [-0.25, -0.2) is 22.9 Å². The predicted molar refractivity (Wildman–Crippen MR) is 68.8 cm³/mol. The summed E-state index contributed by atoms with van der Waals surface area (Å²) in [5.41, 5.74) is -0.0199. The van der Waals surface area contributed by atoms with Gasteiger partial charge in [-0.1, -0.05) is 0 Å². The molecule has 2 aromatic heterocycles. The van der Waals surface area contributed by atoms with Crippen LogP contribution in [-0.2, 0) is 16.4 Å². The van der Waals surface area contributed by atoms with Gasteiger partial charge in [0.05, 0.1) is 9.90 Å². The molecule has 102 valence electrons. The second-order valence-corrected chi connectivity index (χ2v) is 6.34. The van der Waals surface area contributed by atoms with Gasteiger partial charge in [-0.05, 0) is 6.07 Å². The zero-order valence-corrected chi connectivity index (χ0v) is 11.3. The summed E-state index contributed by atoms with van der Waals surface area (Å²) in [6.45, 7) is 0.167. The third-order valence-electron chi connectivity index (χ3n) is 2.28. The summed E-state index contributed by atoms with van der Waals surface area (Å²) in [4.78, 5) is 17.3. The number of nitrogens with one attached hydrogen (secondary N) is 2. The van der Waals surface area contributed by atoms with Crippen LogP contribution in [0, 0.1) is 0 Å². The minimum absolute atomic E-state index is 0.0199. The van der Waals surface area contributed by atoms with Gasteiger partial charge in [-0.15, -0.1) is 11.3 Å². The normalized spacial score (nSPS) is 11.6. The van der Waals surface area contributed by atoms with Gasteiger partial charge in [0.15, 0.2) is 5.69 Å². The average molecular weight is 301 g/mol. The lowest BCUT2D eigenvalue weighted by Crippen LogP contribution is -2.25. The predicted octanol–water partition coefficient (Wildman–Crippen LogP) is 0.690. The van der Waals surface area contributed by atoms with Gasteiger partial charge < -0.3 is 10.1 Å². The molecule has 0 atom stereocenters. The summed E-state index contributed by atoms with van der Waals surface area (Å²) >= 11 is 1.19. The first-order chi connectivity index (χ1) is 8.99. The van der Waals surface area contributed by atoms with Crippen LogP contribution < -0.4 is 4.72 Å². The number of hydrogen-bond donors (Lipinski definition) is 3. The minimum atomic E-state index is -3.52. The fraction of sp³-hybridized carbons (Fsp3) is 0.200. The first-order valence-corrected chi connectivity index (χ1v) is 7.65. The lowest BCUT2D eigenvalue weighted by molar-refractivity contribution is 0.0691. The van der Waals surface area contributed by atoms with Gasteiger partial charge in [-0.2, -0.15) is 0 Å². The van der Waals surface area contributed by atoms with Crippen molar-refractivity contribution < 1.29 is 18.3 Å². The molecule has 2 heterocycles. The smallest absolute Gasteiger partial charge is 0.355 e. The van der Waals surface area contributed by atoms with Gasteiger partial charge >= 0.3 is 5.97 Å². The fourth-order valence-electron chi connectivity index (χ4n) is 1.38. The first-order valence-electron chi connectivity index (χ1n) is 5.29. The van der Waals surface area contributed by atoms with Crippen LogP contribution in [0.25, 0.3) is 0 Å². The maximum absolute atomic E-state index is 11.8. The number of H-pyrrole nitrogens is 1. The Hall–Kier alpha value is -1.71. The topological polar surface area (TPSA) is 112 Å². The number of nitrogens with zero attached hydrogens (tertiary/aromatic N) is 1. The van der Waals surface area contributed by atoms with Crippen LogP contribution in [0.1, 0.15) is 15.5 Å². The molecule has 9 heteroatoms. The Morgan fingerprint density at radius 3 is 2.89 bits per heavy atom. The maximum atomic E-state index is 11.8. The Kier molecular flexibility index (Phi) is 3.98. The van der Waals surface area contributed by atoms with E-state index in [1.165, 1.54) is 35.2 Å². The summed E-state index contributed by atoms with van der Waals surface area (Å²) < 4.78 is 25.9. The highest BCUT2D eigenvalue weighted by molar-refractivity contribution is 7.89. The average Bonchev–Trinajstić information content (AvgIpc) is 3.00. The number of thiazole rings is 1. The van der Waals surface area contributed by atoms with Crippen molar-refractivity contribution >= 4 is 27.3 Å². The molecule has 0 bridgehead atoms. The van der Waals surface area contributed by atoms with Gasteiger partial charge in [0.25, 0.3) is 0 Å². The summed E-state index contributed by atoms with van der Waals surface area (Å²) in [6, 6.07) is 1.45. The minimum Gasteiger partial charge on any atom is -0.476 e. The van der Waals surface area contributed by atoms with Crippen molar-refractivity contribution in [2.45, 2.75) is 11.3 Å². The van der Waals surface area contributed by atoms with E-state index >= 15 is 0 Å². The van der Waals surface area contributed by atoms with E-state index in [2.05, 4.69) is 14.7 Å². The second kappa shape index (κ2) is 5.51. The molecule has 0 unspecified atom stereocenters. The largest absolute Gasteiger partial charge is 0.476 e. The van der Waals surface area contributed by atoms with Crippen LogP contribution in [0.15, 0.2) is 28.7 Å². The van der Waals surface area contributed by atoms with Crippen LogP contribution in [0.5, 0.6) is 0 Å². The zero-order valence-electron chi connectivity index (χ0n) is 9.66. The Morgan fingerprint density at radius 2 is 2.32 bits per heavy atom. The van der Waals surface area contributed by atoms with Gasteiger partial charge in [0.2, 0.25) is 10.0 Å². The number of aromatic nitrogens is 2. The highest BCUT2D eigenvalue weighted by atomic mass is 32.2. The van der Waals surface area contributed by atoms with E-state index in [-0.39, 0.29) is 17.1 Å². The quantitative estimate of drug-likeness (QED) is 0.726. The summed E-state index contributed by atoms with van der Waals surface area (Å²) in [5, 5.41) is 10.7. The van der Waals surface area contributed by atoms with E-state index in [1.807, 2.05) is 0 Å². The molecule has 0 aromatic carbocycles. The molecule has 0 saturated heterocycles. The van der Waals surface area contributed by atoms with Crippen LogP contribution >= 0.6 is 11.3 Å². The molecule has 19 heavy (non-hydrogen) atoms. The molecule has 0 aliphatic heterocycles. The Bertz CT molecular complexity index is 661. The third kappa shape index (κ3) is 3.40. The standard InChI is InChI=1S/C10H11N3O4S2/c14-10(15)8-6-18-9(13-8)2-4-12-19(16,17)7-1-3-11-5-7/h1,3,5-6,11-12H,2,4H2,(H,14,15). The zero-order chi connectivity index (χ0) is 13.9. The molecule has 2 aromatic rings. The highest BCUT2D eigenvalue weighted by Gasteiger charge is 2.14. The number of sulfonamides is 1. The molecule has 0 radical (unpaired) electrons. The molecule has 7 nitrogen and oxygen atoms in total. The van der Waals surface area contributed by atoms with E-state index in [4.69, 9.17) is 5.11 Å². The lowest BCUT2D eigenvalue weighted by Gasteiger charge is -2.02. The Morgan fingerprint density at radius 1 is 1.53 bits per heavy atom. The van der Waals surface area contributed by atoms with Crippen molar-refractivity contribution in [3.8, 4) is 0 Å². The maximum Gasteiger partial charge on any atom is 0.355 e. The number of aromatic amines is 1. The molecule has 0 fully saturated rings. The van der Waals surface area contributed by atoms with Crippen molar-refractivity contribution in [2.75, 3.05) is 6.54 Å². The van der Waals surface area contributed by atoms with Crippen molar-refractivity contribution in [2.24, 2.45) is 0 Å². The summed E-state index contributed by atoms with van der Waals surface area (Å²) in [5.74, 6) is -1.09. The van der Waals surface area contributed by atoms with Crippen molar-refractivity contribution in [1.82, 2.24) is 14.7 Å². The van der Waals surface area contributed by atoms with E-state index in [1.54, 1.807) is 0 Å². The van der Waals surface area contributed by atoms with E-state index < -0.39 is 16.0 Å². The molecular weight excluding hydrogens is 290 g/mol. The number of carboxylic acid groups (broad SMARTS) is 1. The molecule has 0 aliphatic carbocycles.